The topological polar surface area (TPSA) is 72.5 Å². The monoisotopic (exact) mass is 458 g/mol. The standard InChI is InChI=1S/C18H23FN4O.HI/c1-13(2)8-9-21-18(20)23-12-14-6-7-17(22-11-14)24-16-5-3-4-15(19)10-16;/h3-7,10-11,13H,8-9,12H2,1-2H3,(H3,20,21,23);1H. The largest absolute Gasteiger partial charge is 0.439 e. The van der Waals surface area contributed by atoms with Crippen LogP contribution in [-0.2, 0) is 6.54 Å². The van der Waals surface area contributed by atoms with E-state index in [2.05, 4.69) is 29.1 Å². The number of hydrogen-bond acceptors (Lipinski definition) is 3. The van der Waals surface area contributed by atoms with E-state index >= 15 is 0 Å². The van der Waals surface area contributed by atoms with Crippen molar-refractivity contribution in [2.24, 2.45) is 16.6 Å². The summed E-state index contributed by atoms with van der Waals surface area (Å²) in [5, 5.41) is 3.08. The van der Waals surface area contributed by atoms with Crippen molar-refractivity contribution in [3.05, 3.63) is 54.0 Å². The average molecular weight is 458 g/mol. The molecule has 0 aliphatic rings. The molecule has 0 amide bonds. The minimum atomic E-state index is -0.348. The maximum Gasteiger partial charge on any atom is 0.219 e. The van der Waals surface area contributed by atoms with Crippen LogP contribution >= 0.6 is 24.0 Å². The molecule has 25 heavy (non-hydrogen) atoms. The number of benzene rings is 1. The molecule has 0 atom stereocenters. The van der Waals surface area contributed by atoms with E-state index < -0.39 is 0 Å². The second-order valence-corrected chi connectivity index (χ2v) is 5.87. The van der Waals surface area contributed by atoms with Gasteiger partial charge in [0.15, 0.2) is 5.96 Å². The van der Waals surface area contributed by atoms with Gasteiger partial charge in [0.2, 0.25) is 5.88 Å². The first kappa shape index (κ1) is 21.1. The van der Waals surface area contributed by atoms with Gasteiger partial charge in [0.05, 0.1) is 6.54 Å². The molecule has 0 fully saturated rings. The molecule has 0 bridgehead atoms. The molecule has 0 aliphatic carbocycles. The van der Waals surface area contributed by atoms with E-state index in [0.29, 0.717) is 30.1 Å². The van der Waals surface area contributed by atoms with Crippen molar-refractivity contribution in [2.45, 2.75) is 26.8 Å². The highest BCUT2D eigenvalue weighted by Crippen LogP contribution is 2.20. The Balaban J connectivity index is 0.00000312. The lowest BCUT2D eigenvalue weighted by Crippen LogP contribution is -2.32. The minimum Gasteiger partial charge on any atom is -0.439 e. The Labute approximate surface area is 164 Å². The molecule has 0 radical (unpaired) electrons. The van der Waals surface area contributed by atoms with Crippen LogP contribution in [-0.4, -0.2) is 17.5 Å². The Bertz CT molecular complexity index is 677. The van der Waals surface area contributed by atoms with Crippen molar-refractivity contribution < 1.29 is 9.13 Å². The third-order valence-electron chi connectivity index (χ3n) is 3.28. The SMILES string of the molecule is CC(C)CCNC(N)=NCc1ccc(Oc2cccc(F)c2)nc1.I. The predicted molar refractivity (Wildman–Crippen MR) is 109 cm³/mol. The zero-order valence-corrected chi connectivity index (χ0v) is 16.7. The predicted octanol–water partition coefficient (Wildman–Crippen LogP) is 4.08. The number of guanidine groups is 1. The molecule has 1 heterocycles. The molecular formula is C18H24FIN4O. The molecule has 0 unspecified atom stereocenters. The van der Waals surface area contributed by atoms with Crippen LogP contribution in [0.25, 0.3) is 0 Å². The Morgan fingerprint density at radius 2 is 2.12 bits per heavy atom. The normalized spacial score (nSPS) is 11.1. The van der Waals surface area contributed by atoms with Crippen LogP contribution in [0.1, 0.15) is 25.8 Å². The van der Waals surface area contributed by atoms with Gasteiger partial charge in [-0.2, -0.15) is 0 Å². The van der Waals surface area contributed by atoms with Crippen molar-refractivity contribution in [3.63, 3.8) is 0 Å². The molecule has 7 heteroatoms. The van der Waals surface area contributed by atoms with Crippen molar-refractivity contribution in [1.82, 2.24) is 10.3 Å². The number of halogens is 2. The number of nitrogens with two attached hydrogens (primary N) is 1. The molecule has 1 aromatic carbocycles. The van der Waals surface area contributed by atoms with E-state index in [4.69, 9.17) is 10.5 Å². The highest BCUT2D eigenvalue weighted by Gasteiger charge is 2.01. The van der Waals surface area contributed by atoms with Crippen LogP contribution in [0.15, 0.2) is 47.6 Å². The van der Waals surface area contributed by atoms with Gasteiger partial charge < -0.3 is 15.8 Å². The van der Waals surface area contributed by atoms with E-state index in [9.17, 15) is 4.39 Å². The van der Waals surface area contributed by atoms with Gasteiger partial charge in [0.1, 0.15) is 11.6 Å². The first-order valence-electron chi connectivity index (χ1n) is 7.95. The van der Waals surface area contributed by atoms with Crippen LogP contribution in [0.4, 0.5) is 4.39 Å². The minimum absolute atomic E-state index is 0. The van der Waals surface area contributed by atoms with Gasteiger partial charge >= 0.3 is 0 Å². The fraction of sp³-hybridized carbons (Fsp3) is 0.333. The highest BCUT2D eigenvalue weighted by molar-refractivity contribution is 14.0. The lowest BCUT2D eigenvalue weighted by Gasteiger charge is -2.08. The zero-order chi connectivity index (χ0) is 17.4. The van der Waals surface area contributed by atoms with Gasteiger partial charge in [-0.05, 0) is 30.0 Å². The number of nitrogens with one attached hydrogen (secondary N) is 1. The van der Waals surface area contributed by atoms with Crippen LogP contribution in [0, 0.1) is 11.7 Å². The van der Waals surface area contributed by atoms with E-state index in [1.807, 2.05) is 6.07 Å². The van der Waals surface area contributed by atoms with Crippen LogP contribution in [0.3, 0.4) is 0 Å². The molecule has 0 saturated heterocycles. The van der Waals surface area contributed by atoms with Crippen molar-refractivity contribution in [1.29, 1.82) is 0 Å². The van der Waals surface area contributed by atoms with Gasteiger partial charge in [-0.25, -0.2) is 14.4 Å². The fourth-order valence-corrected chi connectivity index (χ4v) is 1.94. The maximum atomic E-state index is 13.1. The van der Waals surface area contributed by atoms with Crippen molar-refractivity contribution >= 4 is 29.9 Å². The van der Waals surface area contributed by atoms with Crippen LogP contribution < -0.4 is 15.8 Å². The van der Waals surface area contributed by atoms with Gasteiger partial charge in [-0.15, -0.1) is 24.0 Å². The van der Waals surface area contributed by atoms with E-state index in [1.54, 1.807) is 24.4 Å². The molecule has 0 aliphatic heterocycles. The number of rotatable bonds is 7. The Kier molecular flexibility index (Phi) is 9.18. The zero-order valence-electron chi connectivity index (χ0n) is 14.4. The smallest absolute Gasteiger partial charge is 0.219 e. The second kappa shape index (κ2) is 10.9. The van der Waals surface area contributed by atoms with Crippen LogP contribution in [0.5, 0.6) is 11.6 Å². The lowest BCUT2D eigenvalue weighted by molar-refractivity contribution is 0.457. The van der Waals surface area contributed by atoms with Crippen molar-refractivity contribution in [3.8, 4) is 11.6 Å². The van der Waals surface area contributed by atoms with E-state index in [-0.39, 0.29) is 29.8 Å². The summed E-state index contributed by atoms with van der Waals surface area (Å²) < 4.78 is 18.6. The number of aliphatic imine (C=N–C) groups is 1. The first-order chi connectivity index (χ1) is 11.5. The summed E-state index contributed by atoms with van der Waals surface area (Å²) >= 11 is 0. The summed E-state index contributed by atoms with van der Waals surface area (Å²) in [5.41, 5.74) is 6.72. The van der Waals surface area contributed by atoms with E-state index in [0.717, 1.165) is 18.5 Å². The van der Waals surface area contributed by atoms with Crippen LogP contribution in [0.2, 0.25) is 0 Å². The summed E-state index contributed by atoms with van der Waals surface area (Å²) in [7, 11) is 0. The molecule has 0 spiro atoms. The molecular weight excluding hydrogens is 434 g/mol. The average Bonchev–Trinajstić information content (AvgIpc) is 2.54. The van der Waals surface area contributed by atoms with Gasteiger partial charge in [0.25, 0.3) is 0 Å². The molecule has 2 aromatic rings. The summed E-state index contributed by atoms with van der Waals surface area (Å²) in [4.78, 5) is 8.46. The summed E-state index contributed by atoms with van der Waals surface area (Å²) in [6, 6.07) is 9.50. The lowest BCUT2D eigenvalue weighted by atomic mass is 10.1. The summed E-state index contributed by atoms with van der Waals surface area (Å²) in [6.07, 6.45) is 2.71. The quantitative estimate of drug-likeness (QED) is 0.373. The summed E-state index contributed by atoms with van der Waals surface area (Å²) in [5.74, 6) is 1.51. The number of ether oxygens (including phenoxy) is 1. The number of nitrogens with zero attached hydrogens (tertiary/aromatic N) is 2. The Hall–Kier alpha value is -1.90. The molecule has 5 nitrogen and oxygen atoms in total. The van der Waals surface area contributed by atoms with E-state index in [1.165, 1.54) is 12.1 Å². The molecule has 2 rings (SSSR count). The number of hydrogen-bond donors (Lipinski definition) is 2. The highest BCUT2D eigenvalue weighted by atomic mass is 127. The molecule has 136 valence electrons. The summed E-state index contributed by atoms with van der Waals surface area (Å²) in [6.45, 7) is 5.57. The maximum absolute atomic E-state index is 13.1. The Morgan fingerprint density at radius 3 is 2.76 bits per heavy atom. The Morgan fingerprint density at radius 1 is 1.32 bits per heavy atom. The first-order valence-corrected chi connectivity index (χ1v) is 7.95. The molecule has 1 aromatic heterocycles. The van der Waals surface area contributed by atoms with Crippen molar-refractivity contribution in [2.75, 3.05) is 6.54 Å². The van der Waals surface area contributed by atoms with Gasteiger partial charge in [0, 0.05) is 24.9 Å². The fourth-order valence-electron chi connectivity index (χ4n) is 1.94. The third-order valence-corrected chi connectivity index (χ3v) is 3.28. The van der Waals surface area contributed by atoms with Gasteiger partial charge in [-0.3, -0.25) is 0 Å². The van der Waals surface area contributed by atoms with Gasteiger partial charge in [-0.1, -0.05) is 26.0 Å². The molecule has 0 saturated carbocycles. The number of aromatic nitrogens is 1. The third kappa shape index (κ3) is 8.15. The molecule has 3 N–H and O–H groups in total. The second-order valence-electron chi connectivity index (χ2n) is 5.87. The number of pyridine rings is 1.